The minimum Gasteiger partial charge on any atom is -0.508 e. The zero-order valence-corrected chi connectivity index (χ0v) is 12.5. The number of phenolic OH excluding ortho intramolecular Hbond substituents is 1. The first-order chi connectivity index (χ1) is 11.1. The van der Waals surface area contributed by atoms with Gasteiger partial charge in [-0.25, -0.2) is 4.39 Å². The van der Waals surface area contributed by atoms with Crippen molar-refractivity contribution < 1.29 is 18.7 Å². The molecule has 1 N–H and O–H groups in total. The number of aryl methyl sites for hydroxylation is 1. The van der Waals surface area contributed by atoms with Crippen LogP contribution in [0.15, 0.2) is 51.7 Å². The van der Waals surface area contributed by atoms with Crippen molar-refractivity contribution in [3.8, 4) is 17.2 Å². The molecule has 0 amide bonds. The predicted molar refractivity (Wildman–Crippen MR) is 84.6 cm³/mol. The van der Waals surface area contributed by atoms with Crippen LogP contribution in [-0.4, -0.2) is 5.11 Å². The summed E-state index contributed by atoms with van der Waals surface area (Å²) in [7, 11) is 0. The summed E-state index contributed by atoms with van der Waals surface area (Å²) >= 11 is 0. The molecule has 0 fully saturated rings. The molecule has 118 valence electrons. The first-order valence-corrected chi connectivity index (χ1v) is 7.30. The molecule has 1 aromatic heterocycles. The van der Waals surface area contributed by atoms with Crippen molar-refractivity contribution in [2.45, 2.75) is 19.8 Å². The third-order valence-corrected chi connectivity index (χ3v) is 3.41. The topological polar surface area (TPSA) is 59.7 Å². The lowest BCUT2D eigenvalue weighted by molar-refractivity contribution is 0.422. The highest BCUT2D eigenvalue weighted by molar-refractivity contribution is 5.79. The minimum absolute atomic E-state index is 0.0234. The summed E-state index contributed by atoms with van der Waals surface area (Å²) in [5, 5.41) is 9.86. The van der Waals surface area contributed by atoms with Gasteiger partial charge in [-0.1, -0.05) is 6.92 Å². The van der Waals surface area contributed by atoms with Crippen LogP contribution >= 0.6 is 0 Å². The monoisotopic (exact) mass is 314 g/mol. The molecule has 0 aliphatic carbocycles. The smallest absolute Gasteiger partial charge is 0.235 e. The maximum absolute atomic E-state index is 13.0. The predicted octanol–water partition coefficient (Wildman–Crippen LogP) is 4.38. The van der Waals surface area contributed by atoms with E-state index in [1.165, 1.54) is 42.5 Å². The molecular formula is C18H15FO4. The average Bonchev–Trinajstić information content (AvgIpc) is 2.53. The van der Waals surface area contributed by atoms with Crippen LogP contribution in [0.25, 0.3) is 11.0 Å². The third-order valence-electron chi connectivity index (χ3n) is 3.41. The Morgan fingerprint density at radius 2 is 1.91 bits per heavy atom. The Hall–Kier alpha value is -2.82. The van der Waals surface area contributed by atoms with Crippen LogP contribution in [0.2, 0.25) is 0 Å². The van der Waals surface area contributed by atoms with Crippen molar-refractivity contribution >= 4 is 11.0 Å². The first-order valence-electron chi connectivity index (χ1n) is 7.30. The van der Waals surface area contributed by atoms with Crippen LogP contribution in [0.1, 0.15) is 19.1 Å². The number of benzene rings is 2. The van der Waals surface area contributed by atoms with Crippen LogP contribution in [0.5, 0.6) is 17.2 Å². The van der Waals surface area contributed by atoms with E-state index in [1.807, 2.05) is 6.92 Å². The van der Waals surface area contributed by atoms with Crippen LogP contribution in [0.3, 0.4) is 0 Å². The van der Waals surface area contributed by atoms with E-state index in [2.05, 4.69) is 0 Å². The minimum atomic E-state index is -0.382. The fourth-order valence-corrected chi connectivity index (χ4v) is 2.33. The Balaban J connectivity index is 2.15. The summed E-state index contributed by atoms with van der Waals surface area (Å²) in [5.41, 5.74) is -0.0102. The number of hydrogen-bond donors (Lipinski definition) is 1. The Morgan fingerprint density at radius 1 is 1.17 bits per heavy atom. The van der Waals surface area contributed by atoms with Gasteiger partial charge in [-0.15, -0.1) is 0 Å². The standard InChI is InChI=1S/C18H15FO4/c1-2-3-15-18(22-13-7-4-11(19)5-8-13)17(21)14-9-6-12(20)10-16(14)23-15/h4-10,20H,2-3H2,1H3. The molecule has 5 heteroatoms. The summed E-state index contributed by atoms with van der Waals surface area (Å²) in [6.45, 7) is 1.95. The van der Waals surface area contributed by atoms with Crippen molar-refractivity contribution in [2.24, 2.45) is 0 Å². The van der Waals surface area contributed by atoms with Gasteiger partial charge >= 0.3 is 0 Å². The average molecular weight is 314 g/mol. The first kappa shape index (κ1) is 15.1. The lowest BCUT2D eigenvalue weighted by Gasteiger charge is -2.11. The molecule has 0 bridgehead atoms. The largest absolute Gasteiger partial charge is 0.508 e. The van der Waals surface area contributed by atoms with E-state index < -0.39 is 0 Å². The Morgan fingerprint density at radius 3 is 2.61 bits per heavy atom. The van der Waals surface area contributed by atoms with Gasteiger partial charge in [0.15, 0.2) is 5.76 Å². The molecule has 0 aliphatic heterocycles. The number of phenols is 1. The van der Waals surface area contributed by atoms with Gasteiger partial charge in [0.2, 0.25) is 11.2 Å². The van der Waals surface area contributed by atoms with Crippen molar-refractivity contribution in [1.29, 1.82) is 0 Å². The number of rotatable bonds is 4. The molecule has 0 saturated heterocycles. The zero-order valence-electron chi connectivity index (χ0n) is 12.5. The number of ether oxygens (including phenoxy) is 1. The molecule has 0 radical (unpaired) electrons. The second-order valence-electron chi connectivity index (χ2n) is 5.17. The molecular weight excluding hydrogens is 299 g/mol. The highest BCUT2D eigenvalue weighted by Crippen LogP contribution is 2.28. The molecule has 4 nitrogen and oxygen atoms in total. The summed E-state index contributed by atoms with van der Waals surface area (Å²) in [6.07, 6.45) is 1.27. The molecule has 3 aromatic rings. The molecule has 0 aliphatic rings. The van der Waals surface area contributed by atoms with Crippen molar-refractivity contribution in [3.63, 3.8) is 0 Å². The third kappa shape index (κ3) is 3.04. The molecule has 0 atom stereocenters. The SMILES string of the molecule is CCCc1oc2cc(O)ccc2c(=O)c1Oc1ccc(F)cc1. The summed E-state index contributed by atoms with van der Waals surface area (Å²) < 4.78 is 24.4. The summed E-state index contributed by atoms with van der Waals surface area (Å²) in [6, 6.07) is 9.73. The van der Waals surface area contributed by atoms with Gasteiger partial charge < -0.3 is 14.3 Å². The van der Waals surface area contributed by atoms with Crippen LogP contribution < -0.4 is 10.2 Å². The van der Waals surface area contributed by atoms with E-state index in [9.17, 15) is 14.3 Å². The number of hydrogen-bond acceptors (Lipinski definition) is 4. The van der Waals surface area contributed by atoms with Gasteiger partial charge in [-0.2, -0.15) is 0 Å². The van der Waals surface area contributed by atoms with Gasteiger partial charge in [0.25, 0.3) is 0 Å². The zero-order chi connectivity index (χ0) is 16.4. The lowest BCUT2D eigenvalue weighted by atomic mass is 10.1. The van der Waals surface area contributed by atoms with Crippen LogP contribution in [0.4, 0.5) is 4.39 Å². The van der Waals surface area contributed by atoms with Gasteiger partial charge in [-0.05, 0) is 42.8 Å². The quantitative estimate of drug-likeness (QED) is 0.776. The van der Waals surface area contributed by atoms with Crippen LogP contribution in [-0.2, 0) is 6.42 Å². The highest BCUT2D eigenvalue weighted by atomic mass is 19.1. The number of aromatic hydroxyl groups is 1. The second kappa shape index (κ2) is 6.12. The van der Waals surface area contributed by atoms with Gasteiger partial charge in [0.05, 0.1) is 5.39 Å². The molecule has 0 unspecified atom stereocenters. The fraction of sp³-hybridized carbons (Fsp3) is 0.167. The summed E-state index contributed by atoms with van der Waals surface area (Å²) in [4.78, 5) is 12.7. The van der Waals surface area contributed by atoms with E-state index in [0.29, 0.717) is 28.9 Å². The normalized spacial score (nSPS) is 10.9. The molecule has 1 heterocycles. The maximum Gasteiger partial charge on any atom is 0.235 e. The fourth-order valence-electron chi connectivity index (χ4n) is 2.33. The second-order valence-corrected chi connectivity index (χ2v) is 5.17. The van der Waals surface area contributed by atoms with Crippen molar-refractivity contribution in [1.82, 2.24) is 0 Å². The van der Waals surface area contributed by atoms with Crippen molar-refractivity contribution in [2.75, 3.05) is 0 Å². The van der Waals surface area contributed by atoms with Crippen LogP contribution in [0, 0.1) is 5.82 Å². The molecule has 0 saturated carbocycles. The van der Waals surface area contributed by atoms with E-state index >= 15 is 0 Å². The Bertz CT molecular complexity index is 897. The summed E-state index contributed by atoms with van der Waals surface area (Å²) in [5.74, 6) is 0.494. The Labute approximate surface area is 131 Å². The van der Waals surface area contributed by atoms with Gasteiger partial charge in [-0.3, -0.25) is 4.79 Å². The van der Waals surface area contributed by atoms with E-state index in [1.54, 1.807) is 0 Å². The number of fused-ring (bicyclic) bond motifs is 1. The molecule has 0 spiro atoms. The van der Waals surface area contributed by atoms with Crippen molar-refractivity contribution in [3.05, 3.63) is 64.3 Å². The van der Waals surface area contributed by atoms with E-state index in [0.717, 1.165) is 6.42 Å². The Kier molecular flexibility index (Phi) is 4.02. The molecule has 23 heavy (non-hydrogen) atoms. The molecule has 3 rings (SSSR count). The molecule has 2 aromatic carbocycles. The number of halogens is 1. The van der Waals surface area contributed by atoms with E-state index in [-0.39, 0.29) is 22.7 Å². The maximum atomic E-state index is 13.0. The lowest BCUT2D eigenvalue weighted by Crippen LogP contribution is -2.09. The van der Waals surface area contributed by atoms with Gasteiger partial charge in [0, 0.05) is 12.5 Å². The van der Waals surface area contributed by atoms with Gasteiger partial charge in [0.1, 0.15) is 22.9 Å². The van der Waals surface area contributed by atoms with E-state index in [4.69, 9.17) is 9.15 Å². The highest BCUT2D eigenvalue weighted by Gasteiger charge is 2.16.